The molecule has 1 heterocycles. The summed E-state index contributed by atoms with van der Waals surface area (Å²) in [6.45, 7) is 1.23. The number of hydrogen-bond acceptors (Lipinski definition) is 7. The number of rotatable bonds is 8. The molecule has 0 amide bonds. The normalized spacial score (nSPS) is 11.3. The number of aromatic nitrogens is 2. The van der Waals surface area contributed by atoms with Crippen LogP contribution in [0, 0.1) is 6.92 Å². The lowest BCUT2D eigenvalue weighted by molar-refractivity contribution is 0.192. The van der Waals surface area contributed by atoms with E-state index < -0.39 is 10.0 Å². The molecule has 0 saturated heterocycles. The lowest BCUT2D eigenvalue weighted by Crippen LogP contribution is -2.16. The van der Waals surface area contributed by atoms with Crippen LogP contribution in [-0.4, -0.2) is 36.7 Å². The molecule has 0 saturated carbocycles. The number of sulfonamides is 1. The maximum Gasteiger partial charge on any atom is 0.263 e. The van der Waals surface area contributed by atoms with Crippen molar-refractivity contribution in [2.75, 3.05) is 17.9 Å². The van der Waals surface area contributed by atoms with E-state index in [9.17, 15) is 8.42 Å². The van der Waals surface area contributed by atoms with E-state index in [0.29, 0.717) is 5.56 Å². The molecule has 3 rings (SSSR count). The highest BCUT2D eigenvalue weighted by Crippen LogP contribution is 2.43. The summed E-state index contributed by atoms with van der Waals surface area (Å²) >= 11 is 18.3. The lowest BCUT2D eigenvalue weighted by atomic mass is 10.2. The molecular weight excluding hydrogens is 489 g/mol. The Bertz CT molecular complexity index is 1190. The van der Waals surface area contributed by atoms with Crippen molar-refractivity contribution in [3.63, 3.8) is 0 Å². The van der Waals surface area contributed by atoms with Gasteiger partial charge in [-0.05, 0) is 30.7 Å². The lowest BCUT2D eigenvalue weighted by Gasteiger charge is -2.17. The quantitative estimate of drug-likeness (QED) is 0.457. The van der Waals surface area contributed by atoms with Gasteiger partial charge in [-0.2, -0.15) is 4.98 Å². The fourth-order valence-electron chi connectivity index (χ4n) is 2.54. The van der Waals surface area contributed by atoms with Gasteiger partial charge in [-0.15, -0.1) is 0 Å². The zero-order valence-electron chi connectivity index (χ0n) is 16.0. The molecule has 12 heteroatoms. The molecule has 0 aliphatic rings. The summed E-state index contributed by atoms with van der Waals surface area (Å²) in [4.78, 5) is 7.99. The zero-order valence-corrected chi connectivity index (χ0v) is 19.1. The van der Waals surface area contributed by atoms with E-state index in [2.05, 4.69) is 14.7 Å². The summed E-state index contributed by atoms with van der Waals surface area (Å²) in [5.74, 6) is -0.547. The van der Waals surface area contributed by atoms with Crippen LogP contribution in [0.4, 0.5) is 5.82 Å². The number of aryl methyl sites for hydroxylation is 1. The first-order valence-electron chi connectivity index (χ1n) is 8.72. The fourth-order valence-corrected chi connectivity index (χ4v) is 4.69. The molecule has 0 bridgehead atoms. The van der Waals surface area contributed by atoms with Crippen LogP contribution < -0.4 is 14.2 Å². The number of ether oxygens (including phenoxy) is 2. The first-order valence-corrected chi connectivity index (χ1v) is 11.3. The van der Waals surface area contributed by atoms with Gasteiger partial charge < -0.3 is 14.6 Å². The van der Waals surface area contributed by atoms with Crippen molar-refractivity contribution in [3.05, 3.63) is 63.4 Å². The first-order chi connectivity index (χ1) is 14.7. The molecule has 31 heavy (non-hydrogen) atoms. The van der Waals surface area contributed by atoms with E-state index in [4.69, 9.17) is 49.4 Å². The highest BCUT2D eigenvalue weighted by atomic mass is 35.5. The first kappa shape index (κ1) is 23.4. The Labute approximate surface area is 193 Å². The average Bonchev–Trinajstić information content (AvgIpc) is 2.70. The third-order valence-electron chi connectivity index (χ3n) is 3.88. The number of aliphatic hydroxyl groups excluding tert-OH is 1. The molecule has 2 aromatic carbocycles. The van der Waals surface area contributed by atoms with E-state index >= 15 is 0 Å². The van der Waals surface area contributed by atoms with Gasteiger partial charge in [-0.25, -0.2) is 13.4 Å². The highest BCUT2D eigenvalue weighted by Gasteiger charge is 2.24. The Kier molecular flexibility index (Phi) is 7.45. The molecule has 0 radical (unpaired) electrons. The Morgan fingerprint density at radius 3 is 2.39 bits per heavy atom. The number of halogens is 3. The van der Waals surface area contributed by atoms with Gasteiger partial charge in [0.2, 0.25) is 5.75 Å². The van der Waals surface area contributed by atoms with Crippen LogP contribution >= 0.6 is 34.8 Å². The minimum absolute atomic E-state index is 0.00674. The van der Waals surface area contributed by atoms with E-state index in [-0.39, 0.29) is 56.4 Å². The number of nitrogens with zero attached hydrogens (tertiary/aromatic N) is 2. The van der Waals surface area contributed by atoms with Crippen molar-refractivity contribution in [1.29, 1.82) is 0 Å². The van der Waals surface area contributed by atoms with Gasteiger partial charge in [-0.1, -0.05) is 53.0 Å². The molecule has 164 valence electrons. The maximum atomic E-state index is 13.0. The van der Waals surface area contributed by atoms with Gasteiger partial charge in [-0.3, -0.25) is 4.72 Å². The monoisotopic (exact) mass is 503 g/mol. The smallest absolute Gasteiger partial charge is 0.263 e. The van der Waals surface area contributed by atoms with Crippen LogP contribution in [0.3, 0.4) is 0 Å². The van der Waals surface area contributed by atoms with Gasteiger partial charge in [0.15, 0.2) is 11.6 Å². The summed E-state index contributed by atoms with van der Waals surface area (Å²) in [6, 6.07) is 9.24. The fraction of sp³-hybridized carbons (Fsp3) is 0.158. The molecule has 2 N–H and O–H groups in total. The van der Waals surface area contributed by atoms with Gasteiger partial charge in [0.1, 0.15) is 12.9 Å². The van der Waals surface area contributed by atoms with Gasteiger partial charge in [0, 0.05) is 5.02 Å². The number of benzene rings is 2. The van der Waals surface area contributed by atoms with Crippen LogP contribution in [0.5, 0.6) is 17.4 Å². The largest absolute Gasteiger partial charge is 0.472 e. The molecule has 0 unspecified atom stereocenters. The summed E-state index contributed by atoms with van der Waals surface area (Å²) in [6.07, 6.45) is 1.08. The van der Waals surface area contributed by atoms with Crippen molar-refractivity contribution in [1.82, 2.24) is 9.97 Å². The topological polar surface area (TPSA) is 111 Å². The summed E-state index contributed by atoms with van der Waals surface area (Å²) < 4.78 is 39.4. The van der Waals surface area contributed by atoms with Crippen LogP contribution in [-0.2, 0) is 10.0 Å². The van der Waals surface area contributed by atoms with Crippen LogP contribution in [0.25, 0.3) is 0 Å². The predicted octanol–water partition coefficient (Wildman–Crippen LogP) is 4.71. The second kappa shape index (κ2) is 9.88. The average molecular weight is 505 g/mol. The van der Waals surface area contributed by atoms with Crippen molar-refractivity contribution in [2.24, 2.45) is 0 Å². The molecular formula is C19H16Cl3N3O5S. The van der Waals surface area contributed by atoms with E-state index in [1.807, 2.05) is 0 Å². The number of aliphatic hydroxyl groups is 1. The van der Waals surface area contributed by atoms with Gasteiger partial charge in [0.25, 0.3) is 15.9 Å². The molecule has 8 nitrogen and oxygen atoms in total. The van der Waals surface area contributed by atoms with Crippen LogP contribution in [0.15, 0.2) is 47.6 Å². The third kappa shape index (κ3) is 5.50. The van der Waals surface area contributed by atoms with Crippen molar-refractivity contribution >= 4 is 50.6 Å². The Morgan fingerprint density at radius 2 is 1.74 bits per heavy atom. The van der Waals surface area contributed by atoms with Crippen molar-refractivity contribution in [3.8, 4) is 17.4 Å². The summed E-state index contributed by atoms with van der Waals surface area (Å²) in [5, 5.41) is 9.51. The molecule has 0 aliphatic heterocycles. The number of anilines is 1. The van der Waals surface area contributed by atoms with E-state index in [1.54, 1.807) is 25.1 Å². The van der Waals surface area contributed by atoms with Crippen LogP contribution in [0.2, 0.25) is 15.1 Å². The molecule has 3 aromatic rings. The van der Waals surface area contributed by atoms with Crippen molar-refractivity contribution < 1.29 is 23.0 Å². The molecule has 1 aromatic heterocycles. The number of nitrogens with one attached hydrogen (secondary N) is 1. The second-order valence-corrected chi connectivity index (χ2v) is 9.00. The molecule has 0 spiro atoms. The molecule has 0 aliphatic carbocycles. The Morgan fingerprint density at radius 1 is 1.06 bits per heavy atom. The SMILES string of the molecule is Cc1ccccc1S(=O)(=O)Nc1ncnc(OCCO)c1Oc1c(Cl)cc(Cl)cc1Cl. The standard InChI is InChI=1S/C19H16Cl3N3O5S/c1-11-4-2-3-5-15(11)31(27,28)25-18-17(19(24-10-23-18)29-7-6-26)30-16-13(21)8-12(20)9-14(16)22/h2-5,8-10,26H,6-7H2,1H3,(H,23,24,25). The summed E-state index contributed by atoms with van der Waals surface area (Å²) in [7, 11) is -4.04. The Hall–Kier alpha value is -2.30. The molecule has 0 fully saturated rings. The third-order valence-corrected chi connectivity index (χ3v) is 6.16. The van der Waals surface area contributed by atoms with Gasteiger partial charge >= 0.3 is 0 Å². The molecule has 0 atom stereocenters. The minimum atomic E-state index is -4.04. The zero-order chi connectivity index (χ0) is 22.6. The van der Waals surface area contributed by atoms with Crippen molar-refractivity contribution in [2.45, 2.75) is 11.8 Å². The maximum absolute atomic E-state index is 13.0. The van der Waals surface area contributed by atoms with Crippen LogP contribution in [0.1, 0.15) is 5.56 Å². The minimum Gasteiger partial charge on any atom is -0.472 e. The van der Waals surface area contributed by atoms with E-state index in [1.165, 1.54) is 18.2 Å². The highest BCUT2D eigenvalue weighted by molar-refractivity contribution is 7.92. The Balaban J connectivity index is 2.08. The van der Waals surface area contributed by atoms with Gasteiger partial charge in [0.05, 0.1) is 21.5 Å². The van der Waals surface area contributed by atoms with E-state index in [0.717, 1.165) is 6.33 Å². The predicted molar refractivity (Wildman–Crippen MR) is 118 cm³/mol. The summed E-state index contributed by atoms with van der Waals surface area (Å²) in [5.41, 5.74) is 0.534. The number of hydrogen-bond donors (Lipinski definition) is 2. The second-order valence-electron chi connectivity index (χ2n) is 6.10.